The summed E-state index contributed by atoms with van der Waals surface area (Å²) in [6.07, 6.45) is 5.68. The molecule has 0 bridgehead atoms. The Balaban J connectivity index is 1.88. The van der Waals surface area contributed by atoms with Crippen LogP contribution in [0, 0.1) is 5.92 Å². The van der Waals surface area contributed by atoms with Crippen LogP contribution in [0.5, 0.6) is 0 Å². The molecule has 6 heteroatoms. The van der Waals surface area contributed by atoms with Crippen molar-refractivity contribution in [1.82, 2.24) is 19.3 Å². The lowest BCUT2D eigenvalue weighted by Crippen LogP contribution is -2.36. The van der Waals surface area contributed by atoms with Crippen LogP contribution in [0.4, 0.5) is 0 Å². The van der Waals surface area contributed by atoms with E-state index in [1.807, 2.05) is 6.92 Å². The van der Waals surface area contributed by atoms with Gasteiger partial charge in [-0.3, -0.25) is 14.0 Å². The number of hydrogen-bond acceptors (Lipinski definition) is 4. The summed E-state index contributed by atoms with van der Waals surface area (Å²) < 4.78 is 8.67. The second-order valence-electron chi connectivity index (χ2n) is 5.09. The zero-order valence-electron chi connectivity index (χ0n) is 11.2. The topological polar surface area (TPSA) is 61.9 Å². The summed E-state index contributed by atoms with van der Waals surface area (Å²) >= 11 is 0. The Hall–Kier alpha value is -1.69. The summed E-state index contributed by atoms with van der Waals surface area (Å²) in [5, 5.41) is 4.18. The van der Waals surface area contributed by atoms with E-state index in [4.69, 9.17) is 4.74 Å². The molecule has 102 valence electrons. The van der Waals surface area contributed by atoms with E-state index >= 15 is 0 Å². The highest BCUT2D eigenvalue weighted by atomic mass is 16.5. The van der Waals surface area contributed by atoms with Crippen molar-refractivity contribution in [3.63, 3.8) is 0 Å². The number of ether oxygens (including phenoxy) is 1. The third-order valence-electron chi connectivity index (χ3n) is 3.90. The van der Waals surface area contributed by atoms with Crippen LogP contribution in [-0.4, -0.2) is 32.5 Å². The standard InChI is InChI=1S/C13H18N4O2/c1-3-17-12-11(6-15-17)14-8-16(13(12)18)7-9-4-10(5-9)19-2/h6,8-10H,3-5,7H2,1-2H3. The molecule has 0 saturated heterocycles. The molecular weight excluding hydrogens is 244 g/mol. The van der Waals surface area contributed by atoms with E-state index in [0.29, 0.717) is 29.6 Å². The Labute approximate surface area is 111 Å². The summed E-state index contributed by atoms with van der Waals surface area (Å²) in [7, 11) is 1.74. The lowest BCUT2D eigenvalue weighted by Gasteiger charge is -2.34. The summed E-state index contributed by atoms with van der Waals surface area (Å²) in [5.74, 6) is 0.514. The maximum absolute atomic E-state index is 12.4. The molecule has 19 heavy (non-hydrogen) atoms. The van der Waals surface area contributed by atoms with Gasteiger partial charge in [0.15, 0.2) is 5.52 Å². The Morgan fingerprint density at radius 2 is 2.26 bits per heavy atom. The van der Waals surface area contributed by atoms with Gasteiger partial charge >= 0.3 is 0 Å². The molecule has 0 N–H and O–H groups in total. The van der Waals surface area contributed by atoms with Gasteiger partial charge in [0, 0.05) is 20.2 Å². The molecule has 1 fully saturated rings. The van der Waals surface area contributed by atoms with E-state index < -0.39 is 0 Å². The van der Waals surface area contributed by atoms with E-state index in [1.165, 1.54) is 0 Å². The van der Waals surface area contributed by atoms with Crippen LogP contribution < -0.4 is 5.56 Å². The second kappa shape index (κ2) is 4.77. The molecule has 3 rings (SSSR count). The Morgan fingerprint density at radius 3 is 2.95 bits per heavy atom. The fourth-order valence-corrected chi connectivity index (χ4v) is 2.67. The Bertz CT molecular complexity index is 640. The number of rotatable bonds is 4. The number of fused-ring (bicyclic) bond motifs is 1. The number of hydrogen-bond donors (Lipinski definition) is 0. The van der Waals surface area contributed by atoms with Gasteiger partial charge in [-0.05, 0) is 25.7 Å². The quantitative estimate of drug-likeness (QED) is 0.826. The van der Waals surface area contributed by atoms with Crippen LogP contribution in [-0.2, 0) is 17.8 Å². The van der Waals surface area contributed by atoms with E-state index in [0.717, 1.165) is 19.4 Å². The van der Waals surface area contributed by atoms with Crippen LogP contribution in [0.3, 0.4) is 0 Å². The molecule has 2 aromatic heterocycles. The van der Waals surface area contributed by atoms with Crippen molar-refractivity contribution in [2.75, 3.05) is 7.11 Å². The molecule has 2 aromatic rings. The average Bonchev–Trinajstić information content (AvgIpc) is 2.79. The van der Waals surface area contributed by atoms with Crippen molar-refractivity contribution >= 4 is 11.0 Å². The van der Waals surface area contributed by atoms with Crippen molar-refractivity contribution in [1.29, 1.82) is 0 Å². The fraction of sp³-hybridized carbons (Fsp3) is 0.615. The normalized spacial score (nSPS) is 22.6. The van der Waals surface area contributed by atoms with Crippen molar-refractivity contribution in [3.05, 3.63) is 22.9 Å². The predicted molar refractivity (Wildman–Crippen MR) is 71.0 cm³/mol. The van der Waals surface area contributed by atoms with Gasteiger partial charge in [-0.1, -0.05) is 0 Å². The Morgan fingerprint density at radius 1 is 1.47 bits per heavy atom. The monoisotopic (exact) mass is 262 g/mol. The molecule has 2 heterocycles. The van der Waals surface area contributed by atoms with Crippen LogP contribution in [0.2, 0.25) is 0 Å². The number of methoxy groups -OCH3 is 1. The first-order valence-electron chi connectivity index (χ1n) is 6.66. The molecule has 6 nitrogen and oxygen atoms in total. The molecule has 1 aliphatic carbocycles. The minimum absolute atomic E-state index is 0.00483. The maximum atomic E-state index is 12.4. The highest BCUT2D eigenvalue weighted by molar-refractivity contribution is 5.72. The molecule has 1 aliphatic rings. The third-order valence-corrected chi connectivity index (χ3v) is 3.90. The van der Waals surface area contributed by atoms with E-state index in [1.54, 1.807) is 28.9 Å². The van der Waals surface area contributed by atoms with E-state index in [-0.39, 0.29) is 5.56 Å². The lowest BCUT2D eigenvalue weighted by molar-refractivity contribution is -0.00472. The summed E-state index contributed by atoms with van der Waals surface area (Å²) in [6.45, 7) is 3.37. The number of aromatic nitrogens is 4. The third kappa shape index (κ3) is 2.06. The van der Waals surface area contributed by atoms with Crippen LogP contribution >= 0.6 is 0 Å². The fourth-order valence-electron chi connectivity index (χ4n) is 2.67. The van der Waals surface area contributed by atoms with Gasteiger partial charge < -0.3 is 4.74 Å². The van der Waals surface area contributed by atoms with Crippen LogP contribution in [0.1, 0.15) is 19.8 Å². The summed E-state index contributed by atoms with van der Waals surface area (Å²) in [4.78, 5) is 16.7. The van der Waals surface area contributed by atoms with Gasteiger partial charge in [0.25, 0.3) is 5.56 Å². The largest absolute Gasteiger partial charge is 0.381 e. The van der Waals surface area contributed by atoms with Crippen molar-refractivity contribution in [2.24, 2.45) is 5.92 Å². The van der Waals surface area contributed by atoms with Gasteiger partial charge in [-0.2, -0.15) is 5.10 Å². The minimum Gasteiger partial charge on any atom is -0.381 e. The Kier molecular flexibility index (Phi) is 3.10. The molecule has 0 radical (unpaired) electrons. The first-order chi connectivity index (χ1) is 9.22. The number of nitrogens with zero attached hydrogens (tertiary/aromatic N) is 4. The van der Waals surface area contributed by atoms with Crippen molar-refractivity contribution < 1.29 is 4.74 Å². The van der Waals surface area contributed by atoms with Crippen LogP contribution in [0.15, 0.2) is 17.3 Å². The zero-order valence-corrected chi connectivity index (χ0v) is 11.2. The van der Waals surface area contributed by atoms with Gasteiger partial charge in [0.1, 0.15) is 5.52 Å². The predicted octanol–water partition coefficient (Wildman–Crippen LogP) is 1.04. The van der Waals surface area contributed by atoms with Crippen molar-refractivity contribution in [2.45, 2.75) is 39.0 Å². The van der Waals surface area contributed by atoms with E-state index in [9.17, 15) is 4.79 Å². The zero-order chi connectivity index (χ0) is 13.4. The van der Waals surface area contributed by atoms with Gasteiger partial charge in [0.05, 0.1) is 18.6 Å². The van der Waals surface area contributed by atoms with Gasteiger partial charge in [-0.15, -0.1) is 0 Å². The molecule has 0 atom stereocenters. The SMILES string of the molecule is CCn1ncc2ncn(CC3CC(OC)C3)c(=O)c21. The van der Waals surface area contributed by atoms with Gasteiger partial charge in [-0.25, -0.2) is 4.98 Å². The van der Waals surface area contributed by atoms with Crippen LogP contribution in [0.25, 0.3) is 11.0 Å². The summed E-state index contributed by atoms with van der Waals surface area (Å²) in [6, 6.07) is 0. The number of aryl methyl sites for hydroxylation is 1. The molecule has 0 unspecified atom stereocenters. The molecule has 0 spiro atoms. The molecule has 0 amide bonds. The lowest BCUT2D eigenvalue weighted by atomic mass is 9.82. The average molecular weight is 262 g/mol. The molecular formula is C13H18N4O2. The van der Waals surface area contributed by atoms with Gasteiger partial charge in [0.2, 0.25) is 0 Å². The smallest absolute Gasteiger partial charge is 0.279 e. The first-order valence-corrected chi connectivity index (χ1v) is 6.66. The molecule has 0 aliphatic heterocycles. The highest BCUT2D eigenvalue weighted by Gasteiger charge is 2.29. The summed E-state index contributed by atoms with van der Waals surface area (Å²) in [5.41, 5.74) is 1.28. The molecule has 1 saturated carbocycles. The highest BCUT2D eigenvalue weighted by Crippen LogP contribution is 2.30. The molecule has 0 aromatic carbocycles. The van der Waals surface area contributed by atoms with Crippen molar-refractivity contribution in [3.8, 4) is 0 Å². The second-order valence-corrected chi connectivity index (χ2v) is 5.09. The first kappa shape index (κ1) is 12.3. The van der Waals surface area contributed by atoms with E-state index in [2.05, 4.69) is 10.1 Å². The maximum Gasteiger partial charge on any atom is 0.279 e. The minimum atomic E-state index is 0.00483.